The number of hydrogen-bond acceptors (Lipinski definition) is 7. The summed E-state index contributed by atoms with van der Waals surface area (Å²) in [6, 6.07) is 6.52. The lowest BCUT2D eigenvalue weighted by Gasteiger charge is -2.28. The maximum atomic E-state index is 11.9. The van der Waals surface area contributed by atoms with E-state index in [1.807, 2.05) is 18.7 Å². The predicted octanol–water partition coefficient (Wildman–Crippen LogP) is 4.73. The van der Waals surface area contributed by atoms with E-state index in [1.54, 1.807) is 0 Å². The summed E-state index contributed by atoms with van der Waals surface area (Å²) in [6.45, 7) is 9.14. The molecule has 2 aromatic heterocycles. The number of thioether (sulfide) groups is 1. The van der Waals surface area contributed by atoms with Crippen LogP contribution >= 0.6 is 11.8 Å². The number of carbonyl (C=O) groups excluding carboxylic acids is 1. The normalized spacial score (nSPS) is 14.6. The fraction of sp³-hybridized carbons (Fsp3) is 0.583. The van der Waals surface area contributed by atoms with Crippen molar-refractivity contribution in [3.05, 3.63) is 24.0 Å². The second-order valence-corrected chi connectivity index (χ2v) is 10.2. The Kier molecular flexibility index (Phi) is 7.50. The highest BCUT2D eigenvalue weighted by Gasteiger charge is 2.16. The number of fused-ring (bicyclic) bond motifs is 3. The van der Waals surface area contributed by atoms with E-state index >= 15 is 0 Å². The number of rotatable bonds is 10. The third-order valence-corrected chi connectivity index (χ3v) is 6.85. The molecule has 1 fully saturated rings. The fourth-order valence-corrected chi connectivity index (χ4v) is 5.19. The number of anilines is 2. The largest absolute Gasteiger partial charge is 0.370 e. The molecule has 1 aliphatic heterocycles. The summed E-state index contributed by atoms with van der Waals surface area (Å²) in [4.78, 5) is 19.2. The molecular formula is C24H34N6OS. The van der Waals surface area contributed by atoms with Crippen LogP contribution in [0.25, 0.3) is 16.7 Å². The summed E-state index contributed by atoms with van der Waals surface area (Å²) < 4.78 is 2.09. The van der Waals surface area contributed by atoms with E-state index in [0.29, 0.717) is 24.5 Å². The molecule has 172 valence electrons. The molecule has 0 bridgehead atoms. The van der Waals surface area contributed by atoms with Crippen LogP contribution in [0.2, 0.25) is 0 Å². The molecule has 1 saturated heterocycles. The lowest BCUT2D eigenvalue weighted by Crippen LogP contribution is -2.32. The average Bonchev–Trinajstić information content (AvgIpc) is 3.18. The molecular weight excluding hydrogens is 420 g/mol. The number of ketones is 1. The molecule has 3 aromatic rings. The highest BCUT2D eigenvalue weighted by atomic mass is 32.2. The SMILES string of the molecule is Cc1nnc2c(NCCCCCC(=O)CC(C)C)nc3cc(N4CCSCC4)ccc3n12. The van der Waals surface area contributed by atoms with Crippen LogP contribution in [0.1, 0.15) is 51.8 Å². The predicted molar refractivity (Wildman–Crippen MR) is 134 cm³/mol. The van der Waals surface area contributed by atoms with Crippen molar-refractivity contribution in [1.82, 2.24) is 19.6 Å². The van der Waals surface area contributed by atoms with E-state index in [0.717, 1.165) is 67.2 Å². The summed E-state index contributed by atoms with van der Waals surface area (Å²) in [6.07, 6.45) is 4.37. The first-order valence-electron chi connectivity index (χ1n) is 11.8. The zero-order chi connectivity index (χ0) is 22.5. The Bertz CT molecular complexity index is 1070. The minimum absolute atomic E-state index is 0.382. The molecule has 0 atom stereocenters. The van der Waals surface area contributed by atoms with Gasteiger partial charge in [-0.2, -0.15) is 11.8 Å². The Morgan fingerprint density at radius 3 is 2.75 bits per heavy atom. The molecule has 0 unspecified atom stereocenters. The van der Waals surface area contributed by atoms with E-state index in [2.05, 4.69) is 56.9 Å². The van der Waals surface area contributed by atoms with Gasteiger partial charge < -0.3 is 10.2 Å². The standard InChI is InChI=1S/C24H34N6OS/c1-17(2)15-20(31)7-5-4-6-10-25-23-24-28-27-18(3)30(24)22-9-8-19(16-21(22)26-23)29-11-13-32-14-12-29/h8-9,16-17H,4-7,10-15H2,1-3H3,(H,25,26). The highest BCUT2D eigenvalue weighted by Crippen LogP contribution is 2.27. The Morgan fingerprint density at radius 1 is 1.16 bits per heavy atom. The van der Waals surface area contributed by atoms with Crippen molar-refractivity contribution in [2.24, 2.45) is 5.92 Å². The zero-order valence-corrected chi connectivity index (χ0v) is 20.2. The lowest BCUT2D eigenvalue weighted by atomic mass is 10.0. The smallest absolute Gasteiger partial charge is 0.204 e. The number of aromatic nitrogens is 4. The molecule has 0 spiro atoms. The molecule has 3 heterocycles. The summed E-state index contributed by atoms with van der Waals surface area (Å²) in [5.74, 6) is 4.82. The quantitative estimate of drug-likeness (QED) is 0.444. The van der Waals surface area contributed by atoms with Crippen molar-refractivity contribution < 1.29 is 4.79 Å². The number of Topliss-reactive ketones (excluding diaryl/α,β-unsaturated/α-hetero) is 1. The van der Waals surface area contributed by atoms with Crippen LogP contribution in [-0.4, -0.2) is 56.5 Å². The van der Waals surface area contributed by atoms with Gasteiger partial charge in [0, 0.05) is 49.7 Å². The van der Waals surface area contributed by atoms with Gasteiger partial charge in [0.2, 0.25) is 5.65 Å². The third kappa shape index (κ3) is 5.34. The zero-order valence-electron chi connectivity index (χ0n) is 19.4. The van der Waals surface area contributed by atoms with Gasteiger partial charge in [-0.15, -0.1) is 10.2 Å². The van der Waals surface area contributed by atoms with Gasteiger partial charge in [-0.05, 0) is 43.9 Å². The summed E-state index contributed by atoms with van der Waals surface area (Å²) in [5, 5.41) is 12.2. The summed E-state index contributed by atoms with van der Waals surface area (Å²) in [7, 11) is 0. The number of hydrogen-bond donors (Lipinski definition) is 1. The van der Waals surface area contributed by atoms with E-state index in [9.17, 15) is 4.79 Å². The lowest BCUT2D eigenvalue weighted by molar-refractivity contribution is -0.119. The van der Waals surface area contributed by atoms with Crippen LogP contribution in [-0.2, 0) is 4.79 Å². The molecule has 0 aliphatic carbocycles. The molecule has 7 nitrogen and oxygen atoms in total. The molecule has 0 amide bonds. The average molecular weight is 455 g/mol. The number of aryl methyl sites for hydroxylation is 1. The van der Waals surface area contributed by atoms with Crippen molar-refractivity contribution in [3.8, 4) is 0 Å². The van der Waals surface area contributed by atoms with Gasteiger partial charge in [0.1, 0.15) is 11.6 Å². The maximum Gasteiger partial charge on any atom is 0.204 e. The number of carbonyl (C=O) groups is 1. The molecule has 1 aliphatic rings. The van der Waals surface area contributed by atoms with Gasteiger partial charge in [0.25, 0.3) is 0 Å². The van der Waals surface area contributed by atoms with Gasteiger partial charge in [-0.1, -0.05) is 20.3 Å². The van der Waals surface area contributed by atoms with Crippen molar-refractivity contribution in [2.75, 3.05) is 41.4 Å². The minimum atomic E-state index is 0.382. The van der Waals surface area contributed by atoms with Gasteiger partial charge in [-0.3, -0.25) is 9.20 Å². The fourth-order valence-electron chi connectivity index (χ4n) is 4.29. The van der Waals surface area contributed by atoms with Crippen molar-refractivity contribution in [2.45, 2.75) is 52.9 Å². The topological polar surface area (TPSA) is 75.4 Å². The molecule has 1 N–H and O–H groups in total. The summed E-state index contributed by atoms with van der Waals surface area (Å²) >= 11 is 2.02. The molecule has 0 saturated carbocycles. The summed E-state index contributed by atoms with van der Waals surface area (Å²) in [5.41, 5.74) is 3.99. The number of nitrogens with zero attached hydrogens (tertiary/aromatic N) is 5. The van der Waals surface area contributed by atoms with Crippen molar-refractivity contribution >= 4 is 45.7 Å². The van der Waals surface area contributed by atoms with Crippen LogP contribution in [0.4, 0.5) is 11.5 Å². The molecule has 8 heteroatoms. The highest BCUT2D eigenvalue weighted by molar-refractivity contribution is 7.99. The first kappa shape index (κ1) is 22.8. The Labute approximate surface area is 194 Å². The van der Waals surface area contributed by atoms with Crippen molar-refractivity contribution in [1.29, 1.82) is 0 Å². The van der Waals surface area contributed by atoms with E-state index in [-0.39, 0.29) is 0 Å². The first-order valence-corrected chi connectivity index (χ1v) is 12.9. The number of benzene rings is 1. The Hall–Kier alpha value is -2.35. The van der Waals surface area contributed by atoms with Gasteiger partial charge >= 0.3 is 0 Å². The monoisotopic (exact) mass is 454 g/mol. The van der Waals surface area contributed by atoms with E-state index in [4.69, 9.17) is 4.98 Å². The molecule has 0 radical (unpaired) electrons. The van der Waals surface area contributed by atoms with E-state index in [1.165, 1.54) is 17.2 Å². The van der Waals surface area contributed by atoms with Crippen molar-refractivity contribution in [3.63, 3.8) is 0 Å². The Morgan fingerprint density at radius 2 is 1.97 bits per heavy atom. The second-order valence-electron chi connectivity index (χ2n) is 9.01. The van der Waals surface area contributed by atoms with Crippen LogP contribution in [0, 0.1) is 12.8 Å². The molecule has 4 rings (SSSR count). The van der Waals surface area contributed by atoms with Gasteiger partial charge in [-0.25, -0.2) is 4.98 Å². The van der Waals surface area contributed by atoms with Gasteiger partial charge in [0.05, 0.1) is 11.0 Å². The number of nitrogens with one attached hydrogen (secondary N) is 1. The second kappa shape index (κ2) is 10.5. The van der Waals surface area contributed by atoms with Crippen LogP contribution in [0.15, 0.2) is 18.2 Å². The maximum absolute atomic E-state index is 11.9. The Balaban J connectivity index is 1.45. The molecule has 1 aromatic carbocycles. The van der Waals surface area contributed by atoms with Crippen LogP contribution in [0.5, 0.6) is 0 Å². The van der Waals surface area contributed by atoms with E-state index < -0.39 is 0 Å². The van der Waals surface area contributed by atoms with Gasteiger partial charge in [0.15, 0.2) is 5.82 Å². The third-order valence-electron chi connectivity index (χ3n) is 5.91. The number of unbranched alkanes of at least 4 members (excludes halogenated alkanes) is 2. The minimum Gasteiger partial charge on any atom is -0.370 e. The molecule has 32 heavy (non-hydrogen) atoms. The van der Waals surface area contributed by atoms with Crippen LogP contribution < -0.4 is 10.2 Å². The van der Waals surface area contributed by atoms with Crippen LogP contribution in [0.3, 0.4) is 0 Å². The first-order chi connectivity index (χ1) is 15.5.